The second-order valence-corrected chi connectivity index (χ2v) is 2.46. The molecule has 0 spiro atoms. The van der Waals surface area contributed by atoms with Gasteiger partial charge in [0.15, 0.2) is 4.46 Å². The molecule has 0 aromatic carbocycles. The number of halogens is 3. The maximum Gasteiger partial charge on any atom is 0.189 e. The SMILES string of the molecule is Cl.NC(Cl)(Cl)CO. The summed E-state index contributed by atoms with van der Waals surface area (Å²) in [6.07, 6.45) is 0. The Morgan fingerprint density at radius 3 is 1.71 bits per heavy atom. The number of aliphatic hydroxyl groups is 1. The summed E-state index contributed by atoms with van der Waals surface area (Å²) in [7, 11) is 0. The summed E-state index contributed by atoms with van der Waals surface area (Å²) in [5, 5.41) is 8.01. The molecule has 0 aliphatic heterocycles. The van der Waals surface area contributed by atoms with Crippen LogP contribution in [-0.4, -0.2) is 16.2 Å². The summed E-state index contributed by atoms with van der Waals surface area (Å²) < 4.78 is -1.46. The second kappa shape index (κ2) is 3.75. The molecular formula is C2H6Cl3NO. The van der Waals surface area contributed by atoms with Crippen LogP contribution < -0.4 is 5.73 Å². The largest absolute Gasteiger partial charge is 0.392 e. The van der Waals surface area contributed by atoms with Crippen LogP contribution in [0, 0.1) is 0 Å². The molecule has 0 bridgehead atoms. The van der Waals surface area contributed by atoms with Crippen LogP contribution in [0.4, 0.5) is 0 Å². The number of aliphatic hydroxyl groups excluding tert-OH is 1. The van der Waals surface area contributed by atoms with Crippen molar-refractivity contribution in [3.05, 3.63) is 0 Å². The fourth-order valence-electron chi connectivity index (χ4n) is 0. The Kier molecular flexibility index (Phi) is 5.74. The van der Waals surface area contributed by atoms with Crippen LogP contribution in [-0.2, 0) is 0 Å². The molecule has 0 heterocycles. The number of rotatable bonds is 1. The molecule has 2 nitrogen and oxygen atoms in total. The highest BCUT2D eigenvalue weighted by molar-refractivity contribution is 6.48. The van der Waals surface area contributed by atoms with Crippen molar-refractivity contribution in [2.24, 2.45) is 5.73 Å². The Balaban J connectivity index is 0. The topological polar surface area (TPSA) is 46.2 Å². The Bertz CT molecular complexity index is 42.7. The first-order valence-corrected chi connectivity index (χ1v) is 2.09. The predicted molar refractivity (Wildman–Crippen MR) is 33.0 cm³/mol. The van der Waals surface area contributed by atoms with Gasteiger partial charge in [-0.25, -0.2) is 0 Å². The van der Waals surface area contributed by atoms with E-state index in [4.69, 9.17) is 34.0 Å². The van der Waals surface area contributed by atoms with Crippen LogP contribution in [0.3, 0.4) is 0 Å². The van der Waals surface area contributed by atoms with Crippen LogP contribution in [0.15, 0.2) is 0 Å². The van der Waals surface area contributed by atoms with Crippen molar-refractivity contribution in [3.63, 3.8) is 0 Å². The third-order valence-corrected chi connectivity index (χ3v) is 0.450. The highest BCUT2D eigenvalue weighted by Gasteiger charge is 2.12. The summed E-state index contributed by atoms with van der Waals surface area (Å²) >= 11 is 10.0. The minimum absolute atomic E-state index is 0. The van der Waals surface area contributed by atoms with E-state index in [-0.39, 0.29) is 12.4 Å². The van der Waals surface area contributed by atoms with Gasteiger partial charge in [0, 0.05) is 0 Å². The Labute approximate surface area is 58.0 Å². The second-order valence-electron chi connectivity index (χ2n) is 0.919. The Hall–Kier alpha value is 0.790. The number of hydrogen-bond donors (Lipinski definition) is 2. The summed E-state index contributed by atoms with van der Waals surface area (Å²) in [4.78, 5) is 0. The molecule has 0 atom stereocenters. The van der Waals surface area contributed by atoms with Crippen LogP contribution in [0.2, 0.25) is 0 Å². The maximum absolute atomic E-state index is 8.01. The van der Waals surface area contributed by atoms with E-state index in [2.05, 4.69) is 0 Å². The van der Waals surface area contributed by atoms with Crippen LogP contribution in [0.5, 0.6) is 0 Å². The molecular weight excluding hydrogens is 160 g/mol. The molecule has 0 radical (unpaired) electrons. The molecule has 0 amide bonds. The lowest BCUT2D eigenvalue weighted by molar-refractivity contribution is 0.281. The van der Waals surface area contributed by atoms with E-state index in [0.29, 0.717) is 0 Å². The van der Waals surface area contributed by atoms with Gasteiger partial charge in [0.2, 0.25) is 0 Å². The zero-order valence-electron chi connectivity index (χ0n) is 3.40. The lowest BCUT2D eigenvalue weighted by Gasteiger charge is -2.05. The van der Waals surface area contributed by atoms with Gasteiger partial charge in [-0.15, -0.1) is 12.4 Å². The van der Waals surface area contributed by atoms with Crippen molar-refractivity contribution in [3.8, 4) is 0 Å². The Morgan fingerprint density at radius 2 is 1.71 bits per heavy atom. The minimum atomic E-state index is -1.46. The maximum atomic E-state index is 8.01. The fraction of sp³-hybridized carbons (Fsp3) is 1.00. The first-order chi connectivity index (χ1) is 2.56. The van der Waals surface area contributed by atoms with Gasteiger partial charge < -0.3 is 5.11 Å². The highest BCUT2D eigenvalue weighted by atomic mass is 35.5. The lowest BCUT2D eigenvalue weighted by atomic mass is 10.7. The molecule has 0 saturated heterocycles. The van der Waals surface area contributed by atoms with E-state index in [1.807, 2.05) is 0 Å². The van der Waals surface area contributed by atoms with Gasteiger partial charge in [0.05, 0.1) is 6.61 Å². The van der Waals surface area contributed by atoms with E-state index >= 15 is 0 Å². The minimum Gasteiger partial charge on any atom is -0.392 e. The molecule has 0 aromatic rings. The van der Waals surface area contributed by atoms with Gasteiger partial charge >= 0.3 is 0 Å². The van der Waals surface area contributed by atoms with E-state index in [9.17, 15) is 0 Å². The lowest BCUT2D eigenvalue weighted by Crippen LogP contribution is -2.29. The monoisotopic (exact) mass is 165 g/mol. The third-order valence-electron chi connectivity index (χ3n) is 0.211. The normalized spacial score (nSPS) is 10.3. The van der Waals surface area contributed by atoms with Crippen molar-refractivity contribution in [1.29, 1.82) is 0 Å². The molecule has 0 rings (SSSR count). The highest BCUT2D eigenvalue weighted by Crippen LogP contribution is 2.09. The molecule has 0 aliphatic carbocycles. The fourth-order valence-corrected chi connectivity index (χ4v) is 0. The average molecular weight is 166 g/mol. The van der Waals surface area contributed by atoms with Crippen molar-refractivity contribution < 1.29 is 5.11 Å². The molecule has 0 aliphatic rings. The summed E-state index contributed by atoms with van der Waals surface area (Å²) in [6, 6.07) is 0. The van der Waals surface area contributed by atoms with Gasteiger partial charge in [0.25, 0.3) is 0 Å². The number of alkyl halides is 2. The molecule has 5 heteroatoms. The average Bonchev–Trinajstić information content (AvgIpc) is 1.35. The van der Waals surface area contributed by atoms with E-state index in [0.717, 1.165) is 0 Å². The molecule has 0 saturated carbocycles. The zero-order valence-corrected chi connectivity index (χ0v) is 5.72. The summed E-state index contributed by atoms with van der Waals surface area (Å²) in [5.41, 5.74) is 4.82. The van der Waals surface area contributed by atoms with E-state index < -0.39 is 11.1 Å². The van der Waals surface area contributed by atoms with Gasteiger partial charge in [-0.1, -0.05) is 23.2 Å². The van der Waals surface area contributed by atoms with Crippen molar-refractivity contribution in [2.75, 3.05) is 6.61 Å². The van der Waals surface area contributed by atoms with Crippen molar-refractivity contribution >= 4 is 35.6 Å². The van der Waals surface area contributed by atoms with Crippen LogP contribution in [0.1, 0.15) is 0 Å². The first kappa shape index (κ1) is 10.7. The number of hydrogen-bond acceptors (Lipinski definition) is 2. The van der Waals surface area contributed by atoms with Crippen molar-refractivity contribution in [2.45, 2.75) is 4.46 Å². The molecule has 3 N–H and O–H groups in total. The molecule has 7 heavy (non-hydrogen) atoms. The zero-order chi connectivity index (χ0) is 5.21. The third kappa shape index (κ3) is 10.8. The molecule has 0 fully saturated rings. The Morgan fingerprint density at radius 1 is 1.57 bits per heavy atom. The van der Waals surface area contributed by atoms with Crippen LogP contribution >= 0.6 is 35.6 Å². The van der Waals surface area contributed by atoms with Gasteiger partial charge in [-0.2, -0.15) is 0 Å². The van der Waals surface area contributed by atoms with Crippen LogP contribution in [0.25, 0.3) is 0 Å². The summed E-state index contributed by atoms with van der Waals surface area (Å²) in [5.74, 6) is 0. The molecule has 0 unspecified atom stereocenters. The standard InChI is InChI=1S/C2H5Cl2NO.ClH/c3-2(4,5)1-6;/h6H,1,5H2;1H. The molecule has 0 aromatic heterocycles. The van der Waals surface area contributed by atoms with E-state index in [1.165, 1.54) is 0 Å². The van der Waals surface area contributed by atoms with Gasteiger partial charge in [0.1, 0.15) is 0 Å². The van der Waals surface area contributed by atoms with Crippen molar-refractivity contribution in [1.82, 2.24) is 0 Å². The molecule has 46 valence electrons. The predicted octanol–water partition coefficient (Wildman–Crippen LogP) is 0.491. The van der Waals surface area contributed by atoms with Gasteiger partial charge in [-0.3, -0.25) is 5.73 Å². The smallest absolute Gasteiger partial charge is 0.189 e. The quantitative estimate of drug-likeness (QED) is 0.440. The first-order valence-electron chi connectivity index (χ1n) is 1.34. The van der Waals surface area contributed by atoms with Gasteiger partial charge in [-0.05, 0) is 0 Å². The van der Waals surface area contributed by atoms with E-state index in [1.54, 1.807) is 0 Å². The number of nitrogens with two attached hydrogens (primary N) is 1. The summed E-state index contributed by atoms with van der Waals surface area (Å²) in [6.45, 7) is -0.421.